The molecule has 2 nitrogen and oxygen atoms in total. The first kappa shape index (κ1) is 12.8. The fourth-order valence-corrected chi connectivity index (χ4v) is 3.23. The molecule has 5 heteroatoms. The summed E-state index contributed by atoms with van der Waals surface area (Å²) in [5.74, 6) is -0.0488. The Morgan fingerprint density at radius 1 is 1.00 bits per heavy atom. The summed E-state index contributed by atoms with van der Waals surface area (Å²) in [6.07, 6.45) is 0.353. The summed E-state index contributed by atoms with van der Waals surface area (Å²) >= 11 is 18.3. The maximum atomic E-state index is 12.2. The molecular weight excluding hydrogens is 305 g/mol. The lowest BCUT2D eigenvalue weighted by atomic mass is 10.2. The van der Waals surface area contributed by atoms with Crippen molar-refractivity contribution in [1.29, 1.82) is 0 Å². The first-order chi connectivity index (χ1) is 9.08. The number of hydrogen-bond donors (Lipinski definition) is 0. The van der Waals surface area contributed by atoms with E-state index in [0.29, 0.717) is 27.2 Å². The third-order valence-corrected chi connectivity index (χ3v) is 3.82. The highest BCUT2D eigenvalue weighted by atomic mass is 35.5. The Bertz CT molecular complexity index is 661. The van der Waals surface area contributed by atoms with Crippen LogP contribution in [0.1, 0.15) is 5.56 Å². The summed E-state index contributed by atoms with van der Waals surface area (Å²) in [4.78, 5) is 13.7. The highest BCUT2D eigenvalue weighted by molar-refractivity contribution is 6.43. The van der Waals surface area contributed by atoms with Crippen LogP contribution in [0.15, 0.2) is 36.4 Å². The number of fused-ring (bicyclic) bond motifs is 1. The molecule has 0 atom stereocenters. The molecular formula is C14H8Cl3NO. The molecule has 0 N–H and O–H groups in total. The molecule has 1 aliphatic rings. The number of hydrogen-bond acceptors (Lipinski definition) is 1. The fraction of sp³-hybridized carbons (Fsp3) is 0.0714. The molecule has 2 aromatic carbocycles. The van der Waals surface area contributed by atoms with Crippen LogP contribution >= 0.6 is 34.8 Å². The third-order valence-electron chi connectivity index (χ3n) is 3.03. The number of rotatable bonds is 1. The summed E-state index contributed by atoms with van der Waals surface area (Å²) in [6.45, 7) is 0. The van der Waals surface area contributed by atoms with Crippen molar-refractivity contribution in [3.8, 4) is 0 Å². The second-order valence-electron chi connectivity index (χ2n) is 4.25. The van der Waals surface area contributed by atoms with Crippen molar-refractivity contribution < 1.29 is 4.79 Å². The van der Waals surface area contributed by atoms with Crippen molar-refractivity contribution in [3.05, 3.63) is 57.0 Å². The highest BCUT2D eigenvalue weighted by Crippen LogP contribution is 2.43. The zero-order valence-electron chi connectivity index (χ0n) is 9.66. The average molecular weight is 313 g/mol. The lowest BCUT2D eigenvalue weighted by molar-refractivity contribution is -0.116. The van der Waals surface area contributed by atoms with Gasteiger partial charge in [0, 0.05) is 5.02 Å². The van der Waals surface area contributed by atoms with E-state index in [9.17, 15) is 4.79 Å². The number of benzene rings is 2. The molecule has 19 heavy (non-hydrogen) atoms. The number of carbonyl (C=O) groups excluding carboxylic acids is 1. The SMILES string of the molecule is O=C1Cc2ccccc2N1c1c(Cl)cc(Cl)cc1Cl. The van der Waals surface area contributed by atoms with Crippen molar-refractivity contribution in [2.24, 2.45) is 0 Å². The minimum absolute atomic E-state index is 0.0488. The second-order valence-corrected chi connectivity index (χ2v) is 5.50. The van der Waals surface area contributed by atoms with Gasteiger partial charge in [-0.3, -0.25) is 9.69 Å². The third kappa shape index (κ3) is 2.10. The van der Waals surface area contributed by atoms with Crippen LogP contribution in [0.3, 0.4) is 0 Å². The van der Waals surface area contributed by atoms with E-state index in [1.54, 1.807) is 17.0 Å². The van der Waals surface area contributed by atoms with Crippen molar-refractivity contribution in [1.82, 2.24) is 0 Å². The van der Waals surface area contributed by atoms with Crippen molar-refractivity contribution in [2.45, 2.75) is 6.42 Å². The smallest absolute Gasteiger partial charge is 0.236 e. The zero-order chi connectivity index (χ0) is 13.6. The average Bonchev–Trinajstić information content (AvgIpc) is 2.65. The van der Waals surface area contributed by atoms with Crippen LogP contribution in [-0.2, 0) is 11.2 Å². The summed E-state index contributed by atoms with van der Waals surface area (Å²) in [5, 5.41) is 1.17. The number of nitrogens with zero attached hydrogens (tertiary/aromatic N) is 1. The summed E-state index contributed by atoms with van der Waals surface area (Å²) < 4.78 is 0. The molecule has 0 radical (unpaired) electrons. The molecule has 0 aliphatic carbocycles. The first-order valence-electron chi connectivity index (χ1n) is 5.63. The lowest BCUT2D eigenvalue weighted by Crippen LogP contribution is -2.21. The largest absolute Gasteiger partial charge is 0.277 e. The van der Waals surface area contributed by atoms with E-state index < -0.39 is 0 Å². The molecule has 3 rings (SSSR count). The van der Waals surface area contributed by atoms with E-state index in [1.165, 1.54) is 0 Å². The molecule has 2 aromatic rings. The molecule has 1 heterocycles. The number of halogens is 3. The van der Waals surface area contributed by atoms with Crippen LogP contribution in [-0.4, -0.2) is 5.91 Å². The van der Waals surface area contributed by atoms with Crippen LogP contribution < -0.4 is 4.90 Å². The summed E-state index contributed by atoms with van der Waals surface area (Å²) in [6, 6.07) is 10.7. The van der Waals surface area contributed by atoms with Gasteiger partial charge in [0.25, 0.3) is 0 Å². The molecule has 0 saturated carbocycles. The summed E-state index contributed by atoms with van der Waals surface area (Å²) in [7, 11) is 0. The van der Waals surface area contributed by atoms with Gasteiger partial charge in [0.05, 0.1) is 27.8 Å². The minimum Gasteiger partial charge on any atom is -0.277 e. The quantitative estimate of drug-likeness (QED) is 0.736. The molecule has 1 amide bonds. The molecule has 0 bridgehead atoms. The van der Waals surface area contributed by atoms with Gasteiger partial charge in [0.2, 0.25) is 5.91 Å². The van der Waals surface area contributed by atoms with Crippen LogP contribution in [0.4, 0.5) is 11.4 Å². The number of amides is 1. The molecule has 0 unspecified atom stereocenters. The molecule has 0 fully saturated rings. The van der Waals surface area contributed by atoms with Crippen LogP contribution in [0, 0.1) is 0 Å². The Hall–Kier alpha value is -1.22. The van der Waals surface area contributed by atoms with Crippen molar-refractivity contribution >= 4 is 52.1 Å². The molecule has 96 valence electrons. The zero-order valence-corrected chi connectivity index (χ0v) is 11.9. The van der Waals surface area contributed by atoms with Crippen molar-refractivity contribution in [2.75, 3.05) is 4.90 Å². The Morgan fingerprint density at radius 3 is 2.32 bits per heavy atom. The molecule has 0 spiro atoms. The van der Waals surface area contributed by atoms with Gasteiger partial charge in [-0.1, -0.05) is 53.0 Å². The maximum Gasteiger partial charge on any atom is 0.236 e. The topological polar surface area (TPSA) is 20.3 Å². The maximum absolute atomic E-state index is 12.2. The Balaban J connectivity index is 2.21. The Morgan fingerprint density at radius 2 is 1.63 bits per heavy atom. The predicted molar refractivity (Wildman–Crippen MR) is 78.8 cm³/mol. The molecule has 1 aliphatic heterocycles. The normalized spacial score (nSPS) is 13.8. The Labute approximate surface area is 125 Å². The second kappa shape index (κ2) is 4.71. The number of carbonyl (C=O) groups is 1. The number of anilines is 2. The van der Waals surface area contributed by atoms with Gasteiger partial charge in [0.15, 0.2) is 0 Å². The van der Waals surface area contributed by atoms with Gasteiger partial charge in [-0.15, -0.1) is 0 Å². The molecule has 0 saturated heterocycles. The monoisotopic (exact) mass is 311 g/mol. The minimum atomic E-state index is -0.0488. The predicted octanol–water partition coefficient (Wildman–Crippen LogP) is 4.87. The van der Waals surface area contributed by atoms with Gasteiger partial charge in [-0.25, -0.2) is 0 Å². The van der Waals surface area contributed by atoms with E-state index in [2.05, 4.69) is 0 Å². The van der Waals surface area contributed by atoms with E-state index in [0.717, 1.165) is 11.3 Å². The van der Waals surface area contributed by atoms with Crippen molar-refractivity contribution in [3.63, 3.8) is 0 Å². The number of para-hydroxylation sites is 1. The summed E-state index contributed by atoms with van der Waals surface area (Å²) in [5.41, 5.74) is 2.27. The first-order valence-corrected chi connectivity index (χ1v) is 6.76. The van der Waals surface area contributed by atoms with Gasteiger partial charge >= 0.3 is 0 Å². The lowest BCUT2D eigenvalue weighted by Gasteiger charge is -2.20. The Kier molecular flexibility index (Phi) is 3.17. The van der Waals surface area contributed by atoms with Crippen LogP contribution in [0.25, 0.3) is 0 Å². The van der Waals surface area contributed by atoms with E-state index >= 15 is 0 Å². The van der Waals surface area contributed by atoms with Gasteiger partial charge in [-0.2, -0.15) is 0 Å². The van der Waals surface area contributed by atoms with Gasteiger partial charge in [-0.05, 0) is 23.8 Å². The van der Waals surface area contributed by atoms with E-state index in [1.807, 2.05) is 24.3 Å². The van der Waals surface area contributed by atoms with Crippen LogP contribution in [0.2, 0.25) is 15.1 Å². The highest BCUT2D eigenvalue weighted by Gasteiger charge is 2.31. The van der Waals surface area contributed by atoms with Gasteiger partial charge in [0.1, 0.15) is 0 Å². The van der Waals surface area contributed by atoms with E-state index in [4.69, 9.17) is 34.8 Å². The molecule has 0 aromatic heterocycles. The van der Waals surface area contributed by atoms with Crippen LogP contribution in [0.5, 0.6) is 0 Å². The fourth-order valence-electron chi connectivity index (χ4n) is 2.25. The van der Waals surface area contributed by atoms with Gasteiger partial charge < -0.3 is 0 Å². The standard InChI is InChI=1S/C14H8Cl3NO/c15-9-6-10(16)14(11(17)7-9)18-12-4-2-1-3-8(12)5-13(18)19/h1-4,6-7H,5H2. The van der Waals surface area contributed by atoms with E-state index in [-0.39, 0.29) is 5.91 Å².